The predicted molar refractivity (Wildman–Crippen MR) is 83.5 cm³/mol. The van der Waals surface area contributed by atoms with E-state index in [2.05, 4.69) is 12.2 Å². The molecule has 2 rings (SSSR count). The van der Waals surface area contributed by atoms with Crippen LogP contribution in [0.1, 0.15) is 31.7 Å². The fourth-order valence-corrected chi connectivity index (χ4v) is 2.77. The molecule has 2 amide bonds. The summed E-state index contributed by atoms with van der Waals surface area (Å²) >= 11 is 0. The van der Waals surface area contributed by atoms with Crippen molar-refractivity contribution in [3.8, 4) is 0 Å². The number of carbonyl (C=O) groups excluding carboxylic acids is 2. The van der Waals surface area contributed by atoms with E-state index in [0.717, 1.165) is 24.8 Å². The van der Waals surface area contributed by atoms with E-state index in [0.29, 0.717) is 26.1 Å². The Morgan fingerprint density at radius 2 is 2.14 bits per heavy atom. The summed E-state index contributed by atoms with van der Waals surface area (Å²) in [6, 6.07) is 9.66. The summed E-state index contributed by atoms with van der Waals surface area (Å²) in [6.07, 6.45) is 3.87. The van der Waals surface area contributed by atoms with Crippen LogP contribution in [0.5, 0.6) is 0 Å². The fraction of sp³-hybridized carbons (Fsp3) is 0.529. The Labute approximate surface area is 131 Å². The van der Waals surface area contributed by atoms with E-state index in [-0.39, 0.29) is 17.7 Å². The number of nitrogens with zero attached hydrogens (tertiary/aromatic N) is 1. The molecule has 0 aliphatic carbocycles. The predicted octanol–water partition coefficient (Wildman–Crippen LogP) is 2.13. The van der Waals surface area contributed by atoms with Gasteiger partial charge in [0, 0.05) is 6.54 Å². The lowest BCUT2D eigenvalue weighted by Gasteiger charge is -2.23. The van der Waals surface area contributed by atoms with E-state index in [1.54, 1.807) is 0 Å². The fourth-order valence-electron chi connectivity index (χ4n) is 2.77. The maximum Gasteiger partial charge on any atom is 0.233 e. The zero-order chi connectivity index (χ0) is 15.8. The lowest BCUT2D eigenvalue weighted by atomic mass is 9.90. The first-order valence-electron chi connectivity index (χ1n) is 7.91. The Bertz CT molecular complexity index is 478. The van der Waals surface area contributed by atoms with E-state index in [1.165, 1.54) is 5.06 Å². The van der Waals surface area contributed by atoms with Crippen LogP contribution in [0.25, 0.3) is 0 Å². The summed E-state index contributed by atoms with van der Waals surface area (Å²) in [5, 5.41) is 4.15. The molecule has 1 saturated heterocycles. The molecule has 0 spiro atoms. The number of unbranched alkanes of at least 4 members (excludes halogenated alkanes) is 1. The van der Waals surface area contributed by atoms with Gasteiger partial charge in [0.15, 0.2) is 0 Å². The van der Waals surface area contributed by atoms with Crippen LogP contribution < -0.4 is 5.32 Å². The molecule has 22 heavy (non-hydrogen) atoms. The molecule has 0 saturated carbocycles. The van der Waals surface area contributed by atoms with Crippen molar-refractivity contribution in [2.24, 2.45) is 11.8 Å². The monoisotopic (exact) mass is 304 g/mol. The molecule has 2 unspecified atom stereocenters. The van der Waals surface area contributed by atoms with Crippen LogP contribution in [0.3, 0.4) is 0 Å². The Hall–Kier alpha value is -1.88. The first-order valence-corrected chi connectivity index (χ1v) is 7.91. The van der Waals surface area contributed by atoms with Gasteiger partial charge in [0.25, 0.3) is 0 Å². The van der Waals surface area contributed by atoms with Gasteiger partial charge in [-0.15, -0.1) is 0 Å². The molecule has 1 aliphatic rings. The quantitative estimate of drug-likeness (QED) is 0.561. The van der Waals surface area contributed by atoms with Crippen molar-refractivity contribution in [3.63, 3.8) is 0 Å². The number of benzene rings is 1. The smallest absolute Gasteiger partial charge is 0.233 e. The summed E-state index contributed by atoms with van der Waals surface area (Å²) in [4.78, 5) is 28.7. The third kappa shape index (κ3) is 4.56. The molecular weight excluding hydrogens is 280 g/mol. The summed E-state index contributed by atoms with van der Waals surface area (Å²) < 4.78 is 0. The molecular formula is C17H24N2O3. The lowest BCUT2D eigenvalue weighted by Crippen LogP contribution is -2.34. The third-order valence-electron chi connectivity index (χ3n) is 4.11. The van der Waals surface area contributed by atoms with Gasteiger partial charge in [0.2, 0.25) is 12.3 Å². The molecule has 2 atom stereocenters. The van der Waals surface area contributed by atoms with Crippen molar-refractivity contribution in [1.29, 1.82) is 0 Å². The van der Waals surface area contributed by atoms with Crippen molar-refractivity contribution in [2.75, 3.05) is 13.1 Å². The van der Waals surface area contributed by atoms with Gasteiger partial charge in [-0.1, -0.05) is 50.1 Å². The lowest BCUT2D eigenvalue weighted by molar-refractivity contribution is -0.182. The SMILES string of the molecule is CCCCC1CNC(=O)C1CN(C=O)OCc1ccccc1. The first-order chi connectivity index (χ1) is 10.7. The van der Waals surface area contributed by atoms with Gasteiger partial charge in [-0.2, -0.15) is 0 Å². The molecule has 120 valence electrons. The average Bonchev–Trinajstić information content (AvgIpc) is 2.90. The van der Waals surface area contributed by atoms with Crippen molar-refractivity contribution in [3.05, 3.63) is 35.9 Å². The molecule has 1 aromatic carbocycles. The minimum atomic E-state index is -0.174. The number of rotatable bonds is 9. The van der Waals surface area contributed by atoms with Gasteiger partial charge in [0.1, 0.15) is 6.61 Å². The molecule has 1 N–H and O–H groups in total. The normalized spacial score (nSPS) is 20.7. The molecule has 5 heteroatoms. The second-order valence-electron chi connectivity index (χ2n) is 5.72. The van der Waals surface area contributed by atoms with E-state index in [1.807, 2.05) is 30.3 Å². The number of hydrogen-bond donors (Lipinski definition) is 1. The first kappa shape index (κ1) is 16.5. The molecule has 0 aromatic heterocycles. The minimum absolute atomic E-state index is 0.0243. The Balaban J connectivity index is 1.87. The summed E-state index contributed by atoms with van der Waals surface area (Å²) in [5.74, 6) is 0.138. The molecule has 1 fully saturated rings. The highest BCUT2D eigenvalue weighted by Gasteiger charge is 2.35. The zero-order valence-electron chi connectivity index (χ0n) is 13.0. The highest BCUT2D eigenvalue weighted by molar-refractivity contribution is 5.81. The maximum absolute atomic E-state index is 12.0. The van der Waals surface area contributed by atoms with Crippen molar-refractivity contribution < 1.29 is 14.4 Å². The Kier molecular flexibility index (Phi) is 6.40. The van der Waals surface area contributed by atoms with Crippen LogP contribution in [0.2, 0.25) is 0 Å². The second-order valence-corrected chi connectivity index (χ2v) is 5.72. The highest BCUT2D eigenvalue weighted by Crippen LogP contribution is 2.24. The van der Waals surface area contributed by atoms with E-state index >= 15 is 0 Å². The summed E-state index contributed by atoms with van der Waals surface area (Å²) in [6.45, 7) is 3.48. The number of nitrogens with one attached hydrogen (secondary N) is 1. The molecule has 1 aliphatic heterocycles. The van der Waals surface area contributed by atoms with E-state index in [9.17, 15) is 9.59 Å². The van der Waals surface area contributed by atoms with E-state index in [4.69, 9.17) is 4.84 Å². The van der Waals surface area contributed by atoms with Crippen molar-refractivity contribution >= 4 is 12.3 Å². The largest absolute Gasteiger partial charge is 0.355 e. The Morgan fingerprint density at radius 3 is 2.82 bits per heavy atom. The Morgan fingerprint density at radius 1 is 1.36 bits per heavy atom. The average molecular weight is 304 g/mol. The molecule has 1 heterocycles. The summed E-state index contributed by atoms with van der Waals surface area (Å²) in [5.41, 5.74) is 0.993. The standard InChI is InChI=1S/C17H24N2O3/c1-2-3-9-15-10-18-17(21)16(15)11-19(13-20)22-12-14-7-5-4-6-8-14/h4-8,13,15-16H,2-3,9-12H2,1H3,(H,18,21). The van der Waals surface area contributed by atoms with Crippen LogP contribution in [0.4, 0.5) is 0 Å². The van der Waals surface area contributed by atoms with Crippen LogP contribution in [0.15, 0.2) is 30.3 Å². The topological polar surface area (TPSA) is 58.6 Å². The molecule has 1 aromatic rings. The number of hydroxylamine groups is 2. The molecule has 0 bridgehead atoms. The van der Waals surface area contributed by atoms with Crippen LogP contribution in [-0.4, -0.2) is 30.5 Å². The van der Waals surface area contributed by atoms with Gasteiger partial charge in [-0.25, -0.2) is 5.06 Å². The van der Waals surface area contributed by atoms with Gasteiger partial charge in [-0.3, -0.25) is 14.4 Å². The van der Waals surface area contributed by atoms with Gasteiger partial charge >= 0.3 is 0 Å². The minimum Gasteiger partial charge on any atom is -0.355 e. The van der Waals surface area contributed by atoms with Crippen LogP contribution in [0, 0.1) is 11.8 Å². The van der Waals surface area contributed by atoms with Crippen LogP contribution >= 0.6 is 0 Å². The van der Waals surface area contributed by atoms with Gasteiger partial charge < -0.3 is 5.32 Å². The highest BCUT2D eigenvalue weighted by atomic mass is 16.7. The number of carbonyl (C=O) groups is 2. The maximum atomic E-state index is 12.0. The van der Waals surface area contributed by atoms with Crippen molar-refractivity contribution in [1.82, 2.24) is 10.4 Å². The zero-order valence-corrected chi connectivity index (χ0v) is 13.0. The summed E-state index contributed by atoms with van der Waals surface area (Å²) in [7, 11) is 0. The second kappa shape index (κ2) is 8.54. The van der Waals surface area contributed by atoms with E-state index < -0.39 is 0 Å². The number of amides is 2. The third-order valence-corrected chi connectivity index (χ3v) is 4.11. The van der Waals surface area contributed by atoms with Gasteiger partial charge in [-0.05, 0) is 17.9 Å². The molecule has 5 nitrogen and oxygen atoms in total. The van der Waals surface area contributed by atoms with Crippen LogP contribution in [-0.2, 0) is 21.0 Å². The van der Waals surface area contributed by atoms with Crippen molar-refractivity contribution in [2.45, 2.75) is 32.8 Å². The van der Waals surface area contributed by atoms with Gasteiger partial charge in [0.05, 0.1) is 12.5 Å². The number of hydrogen-bond acceptors (Lipinski definition) is 3. The molecule has 0 radical (unpaired) electrons.